The number of carboxylic acid groups (broad SMARTS) is 1. The van der Waals surface area contributed by atoms with Crippen molar-refractivity contribution >= 4 is 38.8 Å². The van der Waals surface area contributed by atoms with Crippen molar-refractivity contribution in [2.75, 3.05) is 6.54 Å². The van der Waals surface area contributed by atoms with Gasteiger partial charge in [-0.25, -0.2) is 0 Å². The minimum atomic E-state index is -0.896. The molecule has 0 aliphatic carbocycles. The van der Waals surface area contributed by atoms with Crippen LogP contribution in [0.15, 0.2) is 27.1 Å². The van der Waals surface area contributed by atoms with Crippen LogP contribution in [0.5, 0.6) is 0 Å². The molecule has 1 aromatic heterocycles. The number of carboxylic acids is 1. The summed E-state index contributed by atoms with van der Waals surface area (Å²) in [6.45, 7) is 3.83. The summed E-state index contributed by atoms with van der Waals surface area (Å²) in [7, 11) is 0. The summed E-state index contributed by atoms with van der Waals surface area (Å²) in [5.41, 5.74) is 1.38. The Morgan fingerprint density at radius 2 is 2.14 bits per heavy atom. The Hall–Kier alpha value is -1.82. The molecule has 2 N–H and O–H groups in total. The molecule has 1 unspecified atom stereocenters. The fraction of sp³-hybridized carbons (Fsp3) is 0.375. The largest absolute Gasteiger partial charge is 0.481 e. The maximum atomic E-state index is 12.2. The Labute approximate surface area is 136 Å². The summed E-state index contributed by atoms with van der Waals surface area (Å²) in [4.78, 5) is 23.3. The van der Waals surface area contributed by atoms with Gasteiger partial charge in [0.15, 0.2) is 5.76 Å². The van der Waals surface area contributed by atoms with Gasteiger partial charge < -0.3 is 14.8 Å². The van der Waals surface area contributed by atoms with Crippen LogP contribution in [0.3, 0.4) is 0 Å². The van der Waals surface area contributed by atoms with E-state index in [9.17, 15) is 9.59 Å². The first-order valence-corrected chi connectivity index (χ1v) is 7.93. The molecule has 2 rings (SSSR count). The van der Waals surface area contributed by atoms with Crippen molar-refractivity contribution in [2.45, 2.75) is 26.7 Å². The van der Waals surface area contributed by atoms with E-state index in [1.165, 1.54) is 0 Å². The van der Waals surface area contributed by atoms with Gasteiger partial charge in [0.25, 0.3) is 5.91 Å². The number of benzene rings is 1. The summed E-state index contributed by atoms with van der Waals surface area (Å²) < 4.78 is 6.50. The lowest BCUT2D eigenvalue weighted by Gasteiger charge is -2.11. The van der Waals surface area contributed by atoms with Gasteiger partial charge in [-0.1, -0.05) is 29.3 Å². The van der Waals surface area contributed by atoms with Gasteiger partial charge in [-0.3, -0.25) is 9.59 Å². The third-order valence-electron chi connectivity index (χ3n) is 3.60. The van der Waals surface area contributed by atoms with E-state index in [1.54, 1.807) is 6.07 Å². The second-order valence-electron chi connectivity index (χ2n) is 5.23. The van der Waals surface area contributed by atoms with Crippen molar-refractivity contribution in [1.82, 2.24) is 5.32 Å². The smallest absolute Gasteiger partial charge is 0.308 e. The first kappa shape index (κ1) is 16.5. The molecule has 1 aromatic carbocycles. The first-order chi connectivity index (χ1) is 10.4. The fourth-order valence-corrected chi connectivity index (χ4v) is 2.73. The van der Waals surface area contributed by atoms with Gasteiger partial charge in [-0.15, -0.1) is 0 Å². The summed E-state index contributed by atoms with van der Waals surface area (Å²) >= 11 is 3.39. The van der Waals surface area contributed by atoms with Crippen molar-refractivity contribution in [1.29, 1.82) is 0 Å². The predicted molar refractivity (Wildman–Crippen MR) is 87.0 cm³/mol. The van der Waals surface area contributed by atoms with Crippen LogP contribution in [-0.4, -0.2) is 23.5 Å². The second-order valence-corrected chi connectivity index (χ2v) is 6.15. The number of furan rings is 1. The van der Waals surface area contributed by atoms with Crippen molar-refractivity contribution < 1.29 is 19.1 Å². The Morgan fingerprint density at radius 3 is 2.77 bits per heavy atom. The molecule has 6 heteroatoms. The highest BCUT2D eigenvalue weighted by molar-refractivity contribution is 9.10. The monoisotopic (exact) mass is 367 g/mol. The summed E-state index contributed by atoms with van der Waals surface area (Å²) in [6, 6.07) is 5.52. The SMILES string of the molecule is CCCC(CNC(=O)c1oc2ccc(Br)cc2c1C)C(=O)O. The average Bonchev–Trinajstić information content (AvgIpc) is 2.80. The molecule has 1 amide bonds. The molecule has 1 atom stereocenters. The Bertz CT molecular complexity index is 707. The van der Waals surface area contributed by atoms with Crippen molar-refractivity contribution in [2.24, 2.45) is 5.92 Å². The topological polar surface area (TPSA) is 79.5 Å². The Balaban J connectivity index is 2.16. The Kier molecular flexibility index (Phi) is 5.24. The number of hydrogen-bond donors (Lipinski definition) is 2. The molecule has 22 heavy (non-hydrogen) atoms. The van der Waals surface area contributed by atoms with E-state index in [1.807, 2.05) is 26.0 Å². The zero-order chi connectivity index (χ0) is 16.3. The predicted octanol–water partition coefficient (Wildman–Crippen LogP) is 3.73. The fourth-order valence-electron chi connectivity index (χ4n) is 2.37. The van der Waals surface area contributed by atoms with Gasteiger partial charge in [-0.05, 0) is 31.5 Å². The molecule has 0 saturated carbocycles. The maximum absolute atomic E-state index is 12.2. The lowest BCUT2D eigenvalue weighted by atomic mass is 10.0. The lowest BCUT2D eigenvalue weighted by molar-refractivity contribution is -0.141. The number of fused-ring (bicyclic) bond motifs is 1. The molecule has 1 heterocycles. The average molecular weight is 368 g/mol. The van der Waals surface area contributed by atoms with Gasteiger partial charge in [0, 0.05) is 22.0 Å². The quantitative estimate of drug-likeness (QED) is 0.814. The van der Waals surface area contributed by atoms with Crippen molar-refractivity contribution in [3.05, 3.63) is 34.0 Å². The second kappa shape index (κ2) is 6.96. The molecule has 2 aromatic rings. The molecule has 0 aliphatic heterocycles. The van der Waals surface area contributed by atoms with Gasteiger partial charge in [-0.2, -0.15) is 0 Å². The molecule has 0 spiro atoms. The van der Waals surface area contributed by atoms with Gasteiger partial charge >= 0.3 is 5.97 Å². The molecule has 0 aliphatic rings. The Morgan fingerprint density at radius 1 is 1.41 bits per heavy atom. The molecular weight excluding hydrogens is 350 g/mol. The highest BCUT2D eigenvalue weighted by Crippen LogP contribution is 2.28. The van der Waals surface area contributed by atoms with E-state index in [0.29, 0.717) is 12.0 Å². The zero-order valence-corrected chi connectivity index (χ0v) is 14.1. The van der Waals surface area contributed by atoms with E-state index in [2.05, 4.69) is 21.2 Å². The first-order valence-electron chi connectivity index (χ1n) is 7.13. The number of nitrogens with one attached hydrogen (secondary N) is 1. The van der Waals surface area contributed by atoms with Crippen LogP contribution in [0, 0.1) is 12.8 Å². The van der Waals surface area contributed by atoms with E-state index in [4.69, 9.17) is 9.52 Å². The van der Waals surface area contributed by atoms with E-state index in [-0.39, 0.29) is 18.2 Å². The van der Waals surface area contributed by atoms with Crippen LogP contribution in [-0.2, 0) is 4.79 Å². The highest BCUT2D eigenvalue weighted by atomic mass is 79.9. The van der Waals surface area contributed by atoms with Gasteiger partial charge in [0.2, 0.25) is 0 Å². The summed E-state index contributed by atoms with van der Waals surface area (Å²) in [6.07, 6.45) is 1.28. The zero-order valence-electron chi connectivity index (χ0n) is 12.5. The van der Waals surface area contributed by atoms with Crippen molar-refractivity contribution in [3.8, 4) is 0 Å². The molecule has 118 valence electrons. The molecular formula is C16H18BrNO4. The minimum absolute atomic E-state index is 0.0994. The van der Waals surface area contributed by atoms with Gasteiger partial charge in [0.1, 0.15) is 5.58 Å². The van der Waals surface area contributed by atoms with Crippen LogP contribution in [0.4, 0.5) is 0 Å². The van der Waals surface area contributed by atoms with E-state index < -0.39 is 11.9 Å². The van der Waals surface area contributed by atoms with Gasteiger partial charge in [0.05, 0.1) is 5.92 Å². The van der Waals surface area contributed by atoms with Crippen LogP contribution < -0.4 is 5.32 Å². The number of hydrogen-bond acceptors (Lipinski definition) is 3. The third kappa shape index (κ3) is 3.50. The number of halogens is 1. The molecule has 0 fully saturated rings. The number of rotatable bonds is 6. The number of aliphatic carboxylic acids is 1. The third-order valence-corrected chi connectivity index (χ3v) is 4.09. The van der Waals surface area contributed by atoms with Crippen LogP contribution in [0.1, 0.15) is 35.9 Å². The summed E-state index contributed by atoms with van der Waals surface area (Å²) in [5.74, 6) is -1.62. The van der Waals surface area contributed by atoms with E-state index >= 15 is 0 Å². The molecule has 5 nitrogen and oxygen atoms in total. The maximum Gasteiger partial charge on any atom is 0.308 e. The van der Waals surface area contributed by atoms with Crippen molar-refractivity contribution in [3.63, 3.8) is 0 Å². The van der Waals surface area contributed by atoms with Crippen LogP contribution >= 0.6 is 15.9 Å². The minimum Gasteiger partial charge on any atom is -0.481 e. The highest BCUT2D eigenvalue weighted by Gasteiger charge is 2.21. The molecule has 0 radical (unpaired) electrons. The lowest BCUT2D eigenvalue weighted by Crippen LogP contribution is -2.33. The number of aryl methyl sites for hydroxylation is 1. The van der Waals surface area contributed by atoms with Crippen LogP contribution in [0.25, 0.3) is 11.0 Å². The number of amides is 1. The number of carbonyl (C=O) groups is 2. The van der Waals surface area contributed by atoms with E-state index in [0.717, 1.165) is 21.8 Å². The van der Waals surface area contributed by atoms with Crippen LogP contribution in [0.2, 0.25) is 0 Å². The standard InChI is InChI=1S/C16H18BrNO4/c1-3-4-10(16(20)21)8-18-15(19)14-9(2)12-7-11(17)5-6-13(12)22-14/h5-7,10H,3-4,8H2,1-2H3,(H,18,19)(H,20,21). The molecule has 0 bridgehead atoms. The normalized spacial score (nSPS) is 12.3. The number of carbonyl (C=O) groups excluding carboxylic acids is 1. The summed E-state index contributed by atoms with van der Waals surface area (Å²) in [5, 5.41) is 12.6. The molecule has 0 saturated heterocycles.